The van der Waals surface area contributed by atoms with Crippen LogP contribution in [0.15, 0.2) is 48.5 Å². The first-order chi connectivity index (χ1) is 17.1. The number of nitrogens with two attached hydrogens (primary N) is 1. The van der Waals surface area contributed by atoms with Gasteiger partial charge in [0, 0.05) is 39.0 Å². The maximum Gasteiger partial charge on any atom is 0.323 e. The van der Waals surface area contributed by atoms with E-state index in [0.717, 1.165) is 18.8 Å². The van der Waals surface area contributed by atoms with Gasteiger partial charge in [-0.1, -0.05) is 35.4 Å². The number of imide groups is 1. The Labute approximate surface area is 213 Å². The van der Waals surface area contributed by atoms with E-state index in [2.05, 4.69) is 82.8 Å². The van der Waals surface area contributed by atoms with Crippen LogP contribution in [0.1, 0.15) is 38.2 Å². The third-order valence-electron chi connectivity index (χ3n) is 7.51. The number of nitrogens with one attached hydrogen (secondary N) is 2. The third kappa shape index (κ3) is 5.46. The summed E-state index contributed by atoms with van der Waals surface area (Å²) < 4.78 is 0. The van der Waals surface area contributed by atoms with Gasteiger partial charge in [-0.15, -0.1) is 0 Å². The van der Waals surface area contributed by atoms with Crippen LogP contribution in [0, 0.1) is 13.8 Å². The van der Waals surface area contributed by atoms with E-state index in [1.165, 1.54) is 16.8 Å². The zero-order valence-electron chi connectivity index (χ0n) is 20.9. The fraction of sp³-hybridized carbons (Fsp3) is 0.444. The maximum absolute atomic E-state index is 11.8. The number of anilines is 2. The van der Waals surface area contributed by atoms with Crippen LogP contribution in [0.2, 0.25) is 0 Å². The predicted octanol–water partition coefficient (Wildman–Crippen LogP) is 2.80. The van der Waals surface area contributed by atoms with E-state index in [9.17, 15) is 14.4 Å². The largest absolute Gasteiger partial charge is 0.480 e. The Hall–Kier alpha value is -3.59. The molecule has 2 aromatic carbocycles. The Morgan fingerprint density at radius 1 is 0.833 bits per heavy atom. The lowest BCUT2D eigenvalue weighted by Gasteiger charge is -2.38. The molecule has 0 atom stereocenters. The zero-order chi connectivity index (χ0) is 25.9. The fourth-order valence-electron chi connectivity index (χ4n) is 4.92. The highest BCUT2D eigenvalue weighted by Crippen LogP contribution is 2.29. The average molecular weight is 496 g/mol. The minimum atomic E-state index is -1.04. The van der Waals surface area contributed by atoms with E-state index < -0.39 is 17.0 Å². The smallest absolute Gasteiger partial charge is 0.323 e. The Morgan fingerprint density at radius 2 is 1.25 bits per heavy atom. The Bertz CT molecular complexity index is 1110. The van der Waals surface area contributed by atoms with Crippen molar-refractivity contribution in [3.8, 4) is 0 Å². The second-order valence-corrected chi connectivity index (χ2v) is 10.1. The first-order valence-electron chi connectivity index (χ1n) is 12.4. The van der Waals surface area contributed by atoms with Crippen molar-refractivity contribution in [1.29, 1.82) is 0 Å². The molecule has 5 N–H and O–H groups in total. The molecule has 3 amide bonds. The van der Waals surface area contributed by atoms with Crippen LogP contribution in [0.25, 0.3) is 0 Å². The Morgan fingerprint density at radius 3 is 1.61 bits per heavy atom. The monoisotopic (exact) mass is 495 g/mol. The van der Waals surface area contributed by atoms with Crippen LogP contribution in [0.4, 0.5) is 16.2 Å². The van der Waals surface area contributed by atoms with Crippen LogP contribution in [0.5, 0.6) is 0 Å². The average Bonchev–Trinajstić information content (AvgIpc) is 3.13. The molecule has 0 radical (unpaired) electrons. The van der Waals surface area contributed by atoms with Crippen molar-refractivity contribution in [1.82, 2.24) is 10.6 Å². The van der Waals surface area contributed by atoms with Gasteiger partial charge in [-0.3, -0.25) is 14.9 Å². The number of carboxylic acid groups (broad SMARTS) is 1. The Balaban J connectivity index is 0.000000201. The highest BCUT2D eigenvalue weighted by atomic mass is 16.4. The number of carbonyl (C=O) groups is 3. The fourth-order valence-corrected chi connectivity index (χ4v) is 4.92. The number of benzene rings is 2. The number of hydrogen-bond donors (Lipinski definition) is 4. The lowest BCUT2D eigenvalue weighted by Crippen LogP contribution is -2.55. The lowest BCUT2D eigenvalue weighted by atomic mass is 9.87. The summed E-state index contributed by atoms with van der Waals surface area (Å²) in [4.78, 5) is 38.6. The number of rotatable bonds is 3. The van der Waals surface area contributed by atoms with Gasteiger partial charge >= 0.3 is 12.0 Å². The minimum Gasteiger partial charge on any atom is -0.480 e. The van der Waals surface area contributed by atoms with E-state index in [-0.39, 0.29) is 13.4 Å². The number of carboxylic acids is 1. The van der Waals surface area contributed by atoms with Crippen molar-refractivity contribution in [3.63, 3.8) is 0 Å². The molecule has 2 aromatic rings. The van der Waals surface area contributed by atoms with Gasteiger partial charge in [-0.25, -0.2) is 4.79 Å². The van der Waals surface area contributed by atoms with E-state index in [4.69, 9.17) is 10.8 Å². The van der Waals surface area contributed by atoms with Gasteiger partial charge in [0.2, 0.25) is 0 Å². The van der Waals surface area contributed by atoms with Gasteiger partial charge in [-0.05, 0) is 63.8 Å². The number of carbonyl (C=O) groups excluding carboxylic acids is 2. The summed E-state index contributed by atoms with van der Waals surface area (Å²) in [5.41, 5.74) is 8.89. The standard InChI is InChI=1S/C14H17N3O2.C13H18N2O2.H2/c1-10-2-4-11(5-3-10)17-8-6-14(7-9-17)12(18)15-13(19)16-14;1-10-2-4-11(5-3-10)15-8-6-13(14,7-9-15)12(16)17;/h2-5H,6-9H2,1H3,(H2,15,16,18,19);2-5H,6-9,14H2,1H3,(H,16,17);1H. The molecule has 9 nitrogen and oxygen atoms in total. The summed E-state index contributed by atoms with van der Waals surface area (Å²) in [5.74, 6) is -1.07. The van der Waals surface area contributed by atoms with Gasteiger partial charge in [0.25, 0.3) is 5.91 Å². The van der Waals surface area contributed by atoms with Gasteiger partial charge in [0.1, 0.15) is 11.1 Å². The number of piperidine rings is 2. The zero-order valence-corrected chi connectivity index (χ0v) is 20.9. The number of amides is 3. The number of aryl methyl sites for hydroxylation is 2. The SMILES string of the molecule is Cc1ccc(N2CCC(N)(C(=O)O)CC2)cc1.Cc1ccc(N2CCC3(CC2)NC(=O)NC3=O)cc1.[HH]. The molecule has 0 saturated carbocycles. The molecule has 36 heavy (non-hydrogen) atoms. The predicted molar refractivity (Wildman–Crippen MR) is 141 cm³/mol. The summed E-state index contributed by atoms with van der Waals surface area (Å²) in [7, 11) is 0. The molecule has 1 spiro atoms. The van der Waals surface area contributed by atoms with Crippen molar-refractivity contribution in [2.75, 3.05) is 36.0 Å². The normalized spacial score (nSPS) is 20.3. The van der Waals surface area contributed by atoms with Crippen molar-refractivity contribution in [2.45, 2.75) is 50.6 Å². The molecule has 0 aliphatic carbocycles. The van der Waals surface area contributed by atoms with Crippen molar-refractivity contribution >= 4 is 29.3 Å². The lowest BCUT2D eigenvalue weighted by molar-refractivity contribution is -0.144. The summed E-state index contributed by atoms with van der Waals surface area (Å²) >= 11 is 0. The van der Waals surface area contributed by atoms with E-state index in [0.29, 0.717) is 38.8 Å². The Kier molecular flexibility index (Phi) is 7.21. The molecule has 0 unspecified atom stereocenters. The third-order valence-corrected chi connectivity index (χ3v) is 7.51. The number of nitrogens with zero attached hydrogens (tertiary/aromatic N) is 2. The van der Waals surface area contributed by atoms with Crippen molar-refractivity contribution in [3.05, 3.63) is 59.7 Å². The van der Waals surface area contributed by atoms with Gasteiger partial charge in [-0.2, -0.15) is 0 Å². The van der Waals surface area contributed by atoms with Gasteiger partial charge < -0.3 is 26.0 Å². The van der Waals surface area contributed by atoms with E-state index in [1.54, 1.807) is 0 Å². The quantitative estimate of drug-likeness (QED) is 0.482. The highest BCUT2D eigenvalue weighted by molar-refractivity contribution is 6.07. The molecule has 3 heterocycles. The molecule has 5 rings (SSSR count). The first kappa shape index (κ1) is 25.5. The summed E-state index contributed by atoms with van der Waals surface area (Å²) in [6.45, 7) is 7.06. The van der Waals surface area contributed by atoms with Crippen LogP contribution in [-0.2, 0) is 9.59 Å². The number of urea groups is 1. The second-order valence-electron chi connectivity index (χ2n) is 10.1. The van der Waals surface area contributed by atoms with Crippen molar-refractivity contribution < 1.29 is 20.9 Å². The number of hydrogen-bond acceptors (Lipinski definition) is 6. The summed E-state index contributed by atoms with van der Waals surface area (Å²) in [6, 6.07) is 16.3. The maximum atomic E-state index is 11.8. The summed E-state index contributed by atoms with van der Waals surface area (Å²) in [5, 5.41) is 14.2. The molecule has 3 aliphatic heterocycles. The molecule has 0 aromatic heterocycles. The van der Waals surface area contributed by atoms with Crippen LogP contribution < -0.4 is 26.2 Å². The molecule has 9 heteroatoms. The number of aliphatic carboxylic acids is 1. The van der Waals surface area contributed by atoms with Gasteiger partial charge in [0.05, 0.1) is 0 Å². The second kappa shape index (κ2) is 10.2. The molecule has 3 aliphatic rings. The minimum absolute atomic E-state index is 0. The van der Waals surface area contributed by atoms with E-state index >= 15 is 0 Å². The molecular weight excluding hydrogens is 458 g/mol. The summed E-state index contributed by atoms with van der Waals surface area (Å²) in [6.07, 6.45) is 2.29. The highest BCUT2D eigenvalue weighted by Gasteiger charge is 2.47. The molecule has 3 fully saturated rings. The van der Waals surface area contributed by atoms with Crippen molar-refractivity contribution in [2.24, 2.45) is 5.73 Å². The first-order valence-corrected chi connectivity index (χ1v) is 12.4. The van der Waals surface area contributed by atoms with Crippen LogP contribution in [0.3, 0.4) is 0 Å². The topological polar surface area (TPSA) is 128 Å². The molecule has 0 bridgehead atoms. The van der Waals surface area contributed by atoms with Crippen LogP contribution in [-0.4, -0.2) is 60.3 Å². The molecule has 194 valence electrons. The molecular formula is C27H37N5O4. The van der Waals surface area contributed by atoms with Crippen LogP contribution >= 0.6 is 0 Å². The van der Waals surface area contributed by atoms with E-state index in [1.807, 2.05) is 0 Å². The molecule has 3 saturated heterocycles. The van der Waals surface area contributed by atoms with Gasteiger partial charge in [0.15, 0.2) is 0 Å².